The molecule has 2 aromatic carbocycles. The van der Waals surface area contributed by atoms with Crippen molar-refractivity contribution in [3.63, 3.8) is 0 Å². The number of rotatable bonds is 10. The van der Waals surface area contributed by atoms with Crippen molar-refractivity contribution in [3.05, 3.63) is 89.9 Å². The van der Waals surface area contributed by atoms with Crippen molar-refractivity contribution in [2.24, 2.45) is 0 Å². The fourth-order valence-electron chi connectivity index (χ4n) is 5.91. The van der Waals surface area contributed by atoms with Crippen LogP contribution in [0.5, 0.6) is 5.75 Å². The molecule has 2 fully saturated rings. The molecule has 16 heteroatoms. The van der Waals surface area contributed by atoms with E-state index in [9.17, 15) is 27.6 Å². The molecule has 0 saturated carbocycles. The summed E-state index contributed by atoms with van der Waals surface area (Å²) >= 11 is 0. The second-order valence-electron chi connectivity index (χ2n) is 11.9. The molecule has 0 atom stereocenters. The summed E-state index contributed by atoms with van der Waals surface area (Å²) < 4.78 is 47.6. The van der Waals surface area contributed by atoms with Crippen molar-refractivity contribution in [2.75, 3.05) is 67.3 Å². The Morgan fingerprint density at radius 2 is 1.65 bits per heavy atom. The van der Waals surface area contributed by atoms with E-state index in [2.05, 4.69) is 41.0 Å². The lowest BCUT2D eigenvalue weighted by Crippen LogP contribution is -2.49. The molecule has 0 spiro atoms. The third kappa shape index (κ3) is 8.12. The molecule has 2 saturated heterocycles. The Bertz CT molecular complexity index is 1920. The van der Waals surface area contributed by atoms with Gasteiger partial charge in [0.1, 0.15) is 11.6 Å². The average molecular weight is 704 g/mol. The number of pyridine rings is 2. The van der Waals surface area contributed by atoms with Gasteiger partial charge in [0.25, 0.3) is 5.91 Å². The Morgan fingerprint density at radius 1 is 0.882 bits per heavy atom. The number of hydrogen-bond acceptors (Lipinski definition) is 10. The van der Waals surface area contributed by atoms with Gasteiger partial charge in [0.15, 0.2) is 0 Å². The smallest absolute Gasteiger partial charge is 0.419 e. The summed E-state index contributed by atoms with van der Waals surface area (Å²) in [6.07, 6.45) is -2.06. The highest BCUT2D eigenvalue weighted by Gasteiger charge is 2.35. The summed E-state index contributed by atoms with van der Waals surface area (Å²) in [7, 11) is 2.96. The Kier molecular flexibility index (Phi) is 10.2. The molecule has 0 radical (unpaired) electrons. The normalized spacial score (nSPS) is 15.3. The number of methoxy groups -OCH3 is 1. The van der Waals surface area contributed by atoms with E-state index in [1.54, 1.807) is 24.4 Å². The number of alkyl halides is 3. The fraction of sp³-hybridized carbons (Fsp3) is 0.286. The van der Waals surface area contributed by atoms with Gasteiger partial charge in [-0.2, -0.15) is 13.2 Å². The lowest BCUT2D eigenvalue weighted by atomic mass is 10.1. The molecule has 2 aliphatic heterocycles. The Balaban J connectivity index is 1.10. The van der Waals surface area contributed by atoms with Gasteiger partial charge < -0.3 is 25.6 Å². The Labute approximate surface area is 291 Å². The van der Waals surface area contributed by atoms with E-state index in [4.69, 9.17) is 4.74 Å². The predicted molar refractivity (Wildman–Crippen MR) is 186 cm³/mol. The van der Waals surface area contributed by atoms with Crippen LogP contribution in [0.4, 0.5) is 52.2 Å². The summed E-state index contributed by atoms with van der Waals surface area (Å²) in [6, 6.07) is 16.4. The number of urea groups is 1. The number of benzene rings is 2. The highest BCUT2D eigenvalue weighted by atomic mass is 19.4. The Morgan fingerprint density at radius 3 is 2.33 bits per heavy atom. The monoisotopic (exact) mass is 703 g/mol. The molecule has 0 unspecified atom stereocenters. The fourth-order valence-corrected chi connectivity index (χ4v) is 5.91. The number of carbonyl (C=O) groups is 3. The zero-order valence-corrected chi connectivity index (χ0v) is 27.9. The first kappa shape index (κ1) is 34.9. The molecule has 0 bridgehead atoms. The zero-order chi connectivity index (χ0) is 36.1. The molecule has 2 aliphatic rings. The van der Waals surface area contributed by atoms with Gasteiger partial charge in [0.2, 0.25) is 5.91 Å². The van der Waals surface area contributed by atoms with Crippen molar-refractivity contribution in [1.29, 1.82) is 0 Å². The standard InChI is InChI=1S/C35H36F3N9O4/c1-39-33(49)25-5-3-4-6-27(25)42-29-18-31(41-20-26(29)35(36,37)38)43-28-10-9-23(17-30(28)51-2)46-15-13-45(14-16-46)21-22-7-8-24(19-40-22)47-12-11-32(48)44-34(47)50/h3-10,17-20H,11-16,21H2,1-2H3,(H,39,49)(H2,41,42,43)(H,44,48,50). The van der Waals surface area contributed by atoms with E-state index < -0.39 is 23.7 Å². The van der Waals surface area contributed by atoms with Crippen LogP contribution < -0.4 is 35.8 Å². The third-order valence-corrected chi connectivity index (χ3v) is 8.62. The second kappa shape index (κ2) is 14.9. The van der Waals surface area contributed by atoms with E-state index in [0.29, 0.717) is 30.2 Å². The number of amides is 4. The van der Waals surface area contributed by atoms with E-state index >= 15 is 0 Å². The van der Waals surface area contributed by atoms with Crippen molar-refractivity contribution < 1.29 is 32.3 Å². The number of piperazine rings is 1. The largest absolute Gasteiger partial charge is 0.494 e. The van der Waals surface area contributed by atoms with Gasteiger partial charge in [-0.3, -0.25) is 29.7 Å². The van der Waals surface area contributed by atoms with Gasteiger partial charge in [0.05, 0.1) is 52.9 Å². The van der Waals surface area contributed by atoms with Crippen LogP contribution in [0, 0.1) is 0 Å². The number of anilines is 6. The predicted octanol–water partition coefficient (Wildman–Crippen LogP) is 5.12. The number of nitrogens with one attached hydrogen (secondary N) is 4. The lowest BCUT2D eigenvalue weighted by Gasteiger charge is -2.36. The maximum atomic E-state index is 14.0. The Hall–Kier alpha value is -5.90. The minimum Gasteiger partial charge on any atom is -0.494 e. The molecule has 0 aliphatic carbocycles. The van der Waals surface area contributed by atoms with E-state index in [0.717, 1.165) is 43.8 Å². The van der Waals surface area contributed by atoms with Crippen LogP contribution in [0.2, 0.25) is 0 Å². The molecule has 4 amide bonds. The highest BCUT2D eigenvalue weighted by Crippen LogP contribution is 2.39. The van der Waals surface area contributed by atoms with E-state index in [1.807, 2.05) is 24.3 Å². The summed E-state index contributed by atoms with van der Waals surface area (Å²) in [5, 5.41) is 10.7. The van der Waals surface area contributed by atoms with Crippen LogP contribution in [0.1, 0.15) is 28.0 Å². The van der Waals surface area contributed by atoms with Crippen LogP contribution in [0.3, 0.4) is 0 Å². The summed E-state index contributed by atoms with van der Waals surface area (Å²) in [6.45, 7) is 3.98. The summed E-state index contributed by atoms with van der Waals surface area (Å²) in [5.74, 6) is -0.113. The maximum Gasteiger partial charge on any atom is 0.419 e. The first-order valence-corrected chi connectivity index (χ1v) is 16.2. The number of hydrogen-bond donors (Lipinski definition) is 4. The molecule has 4 aromatic rings. The molecule has 13 nitrogen and oxygen atoms in total. The summed E-state index contributed by atoms with van der Waals surface area (Å²) in [5.41, 5.74) is 2.06. The van der Waals surface area contributed by atoms with Gasteiger partial charge in [-0.15, -0.1) is 0 Å². The van der Waals surface area contributed by atoms with Crippen molar-refractivity contribution in [2.45, 2.75) is 19.1 Å². The number of nitrogens with zero attached hydrogens (tertiary/aromatic N) is 5. The molecule has 4 heterocycles. The molecule has 6 rings (SSSR count). The van der Waals surface area contributed by atoms with Crippen LogP contribution in [-0.2, 0) is 17.5 Å². The topological polar surface area (TPSA) is 144 Å². The number of ether oxygens (including phenoxy) is 1. The number of imide groups is 1. The molecule has 266 valence electrons. The van der Waals surface area contributed by atoms with Crippen molar-refractivity contribution >= 4 is 52.1 Å². The SMILES string of the molecule is CNC(=O)c1ccccc1Nc1cc(Nc2ccc(N3CCN(Cc4ccc(N5CCC(=O)NC5=O)cn4)CC3)cc2OC)ncc1C(F)(F)F. The molecular formula is C35H36F3N9O4. The van der Waals surface area contributed by atoms with Gasteiger partial charge in [-0.25, -0.2) is 9.78 Å². The maximum absolute atomic E-state index is 14.0. The highest BCUT2D eigenvalue weighted by molar-refractivity contribution is 6.05. The molecule has 4 N–H and O–H groups in total. The van der Waals surface area contributed by atoms with Crippen LogP contribution in [-0.4, -0.2) is 79.6 Å². The van der Waals surface area contributed by atoms with Crippen molar-refractivity contribution in [3.8, 4) is 5.75 Å². The molecule has 51 heavy (non-hydrogen) atoms. The quantitative estimate of drug-likeness (QED) is 0.176. The molecular weight excluding hydrogens is 667 g/mol. The first-order valence-electron chi connectivity index (χ1n) is 16.2. The average Bonchev–Trinajstić information content (AvgIpc) is 3.12. The van der Waals surface area contributed by atoms with Gasteiger partial charge in [-0.05, 0) is 36.4 Å². The van der Waals surface area contributed by atoms with Gasteiger partial charge >= 0.3 is 12.2 Å². The van der Waals surface area contributed by atoms with Gasteiger partial charge in [-0.1, -0.05) is 12.1 Å². The van der Waals surface area contributed by atoms with Crippen LogP contribution >= 0.6 is 0 Å². The van der Waals surface area contributed by atoms with E-state index in [1.165, 1.54) is 37.3 Å². The van der Waals surface area contributed by atoms with Crippen molar-refractivity contribution in [1.82, 2.24) is 25.5 Å². The van der Waals surface area contributed by atoms with Crippen LogP contribution in [0.25, 0.3) is 0 Å². The third-order valence-electron chi connectivity index (χ3n) is 8.62. The number of aromatic nitrogens is 2. The number of para-hydroxylation sites is 1. The first-order chi connectivity index (χ1) is 24.5. The lowest BCUT2D eigenvalue weighted by molar-refractivity contribution is -0.137. The van der Waals surface area contributed by atoms with E-state index in [-0.39, 0.29) is 35.1 Å². The molecule has 2 aromatic heterocycles. The second-order valence-corrected chi connectivity index (χ2v) is 11.9. The number of carbonyl (C=O) groups excluding carboxylic acids is 3. The summed E-state index contributed by atoms with van der Waals surface area (Å²) in [4.78, 5) is 50.5. The van der Waals surface area contributed by atoms with Crippen LogP contribution in [0.15, 0.2) is 73.1 Å². The number of halogens is 3. The van der Waals surface area contributed by atoms with Gasteiger partial charge in [0, 0.05) is 76.8 Å². The minimum atomic E-state index is -4.70. The minimum absolute atomic E-state index is 0.138. The zero-order valence-electron chi connectivity index (χ0n) is 27.9.